The third-order valence-electron chi connectivity index (χ3n) is 7.20. The number of benzene rings is 2. The molecule has 0 radical (unpaired) electrons. The molecule has 0 bridgehead atoms. The molecule has 1 unspecified atom stereocenters. The second-order valence-corrected chi connectivity index (χ2v) is 9.83. The van der Waals surface area contributed by atoms with Gasteiger partial charge in [-0.3, -0.25) is 9.36 Å². The van der Waals surface area contributed by atoms with Crippen LogP contribution in [0.2, 0.25) is 0 Å². The fourth-order valence-corrected chi connectivity index (χ4v) is 5.26. The van der Waals surface area contributed by atoms with Gasteiger partial charge in [0, 0.05) is 19.3 Å². The zero-order valence-corrected chi connectivity index (χ0v) is 21.1. The van der Waals surface area contributed by atoms with Crippen molar-refractivity contribution in [1.82, 2.24) is 24.1 Å². The Bertz CT molecular complexity index is 1620. The summed E-state index contributed by atoms with van der Waals surface area (Å²) in [7, 11) is 0. The molecule has 0 saturated carbocycles. The minimum Gasteiger partial charge on any atom is -0.477 e. The van der Waals surface area contributed by atoms with Crippen LogP contribution in [0.15, 0.2) is 59.4 Å². The Morgan fingerprint density at radius 1 is 1.00 bits per heavy atom. The van der Waals surface area contributed by atoms with Crippen LogP contribution in [0.5, 0.6) is 5.88 Å². The lowest BCUT2D eigenvalue weighted by Crippen LogP contribution is -2.24. The first-order valence-corrected chi connectivity index (χ1v) is 13.1. The highest BCUT2D eigenvalue weighted by Gasteiger charge is 2.17. The van der Waals surface area contributed by atoms with Crippen molar-refractivity contribution >= 4 is 27.5 Å². The fourth-order valence-electron chi connectivity index (χ4n) is 5.26. The topological polar surface area (TPSA) is 83.5 Å². The maximum atomic E-state index is 13.5. The van der Waals surface area contributed by atoms with Crippen LogP contribution in [0.4, 0.5) is 0 Å². The molecule has 0 aliphatic carbocycles. The molecular formula is C29H31N5O3. The largest absolute Gasteiger partial charge is 0.477 e. The smallest absolute Gasteiger partial charge is 0.262 e. The molecule has 1 aliphatic rings. The van der Waals surface area contributed by atoms with E-state index in [1.165, 1.54) is 12.8 Å². The van der Waals surface area contributed by atoms with Crippen molar-refractivity contribution in [3.63, 3.8) is 0 Å². The Hall–Kier alpha value is -3.78. The second-order valence-electron chi connectivity index (χ2n) is 9.83. The number of hydrogen-bond donors (Lipinski definition) is 0. The van der Waals surface area contributed by atoms with E-state index in [4.69, 9.17) is 19.4 Å². The van der Waals surface area contributed by atoms with Gasteiger partial charge < -0.3 is 9.47 Å². The van der Waals surface area contributed by atoms with Gasteiger partial charge in [0.05, 0.1) is 40.7 Å². The lowest BCUT2D eigenvalue weighted by molar-refractivity contribution is 0.0947. The van der Waals surface area contributed by atoms with Crippen LogP contribution in [0, 0.1) is 12.8 Å². The lowest BCUT2D eigenvalue weighted by atomic mass is 9.95. The first-order chi connectivity index (χ1) is 18.2. The molecule has 5 aromatic rings. The second kappa shape index (κ2) is 10.3. The Labute approximate surface area is 214 Å². The molecule has 8 heteroatoms. The molecule has 1 fully saturated rings. The number of nitrogens with zero attached hydrogens (tertiary/aromatic N) is 5. The Morgan fingerprint density at radius 3 is 2.76 bits per heavy atom. The summed E-state index contributed by atoms with van der Waals surface area (Å²) >= 11 is 0. The number of para-hydroxylation sites is 2. The number of aryl methyl sites for hydroxylation is 1. The fraction of sp³-hybridized carbons (Fsp3) is 0.379. The minimum atomic E-state index is -0.0891. The number of fused-ring (bicyclic) bond motifs is 4. The molecule has 0 amide bonds. The third-order valence-corrected chi connectivity index (χ3v) is 7.20. The van der Waals surface area contributed by atoms with Crippen molar-refractivity contribution < 1.29 is 9.47 Å². The van der Waals surface area contributed by atoms with E-state index in [0.717, 1.165) is 54.6 Å². The van der Waals surface area contributed by atoms with Crippen LogP contribution in [0.1, 0.15) is 43.6 Å². The van der Waals surface area contributed by atoms with Gasteiger partial charge in [-0.1, -0.05) is 37.1 Å². The summed E-state index contributed by atoms with van der Waals surface area (Å²) in [4.78, 5) is 23.1. The monoisotopic (exact) mass is 497 g/mol. The molecule has 1 saturated heterocycles. The summed E-state index contributed by atoms with van der Waals surface area (Å²) in [6, 6.07) is 17.3. The van der Waals surface area contributed by atoms with Crippen molar-refractivity contribution in [2.45, 2.75) is 45.6 Å². The first-order valence-electron chi connectivity index (χ1n) is 13.1. The van der Waals surface area contributed by atoms with Crippen LogP contribution >= 0.6 is 0 Å². The van der Waals surface area contributed by atoms with Crippen molar-refractivity contribution in [2.24, 2.45) is 5.92 Å². The lowest BCUT2D eigenvalue weighted by Gasteiger charge is -2.20. The van der Waals surface area contributed by atoms with Crippen molar-refractivity contribution in [2.75, 3.05) is 19.8 Å². The summed E-state index contributed by atoms with van der Waals surface area (Å²) in [5, 5.41) is 6.12. The van der Waals surface area contributed by atoms with Crippen molar-refractivity contribution in [3.05, 3.63) is 76.5 Å². The van der Waals surface area contributed by atoms with E-state index < -0.39 is 0 Å². The van der Waals surface area contributed by atoms with Gasteiger partial charge in [-0.05, 0) is 56.4 Å². The highest BCUT2D eigenvalue weighted by atomic mass is 16.5. The van der Waals surface area contributed by atoms with Crippen LogP contribution in [-0.2, 0) is 11.3 Å². The number of rotatable bonds is 6. The predicted octanol–water partition coefficient (Wildman–Crippen LogP) is 4.92. The van der Waals surface area contributed by atoms with Gasteiger partial charge in [0.25, 0.3) is 5.56 Å². The molecule has 1 aliphatic heterocycles. The zero-order chi connectivity index (χ0) is 25.2. The van der Waals surface area contributed by atoms with E-state index in [2.05, 4.69) is 5.10 Å². The number of ether oxygens (including phenoxy) is 2. The van der Waals surface area contributed by atoms with E-state index in [1.54, 1.807) is 4.57 Å². The summed E-state index contributed by atoms with van der Waals surface area (Å²) in [5.41, 5.74) is 3.06. The summed E-state index contributed by atoms with van der Waals surface area (Å²) in [6.07, 6.45) is 5.60. The summed E-state index contributed by atoms with van der Waals surface area (Å²) in [5.74, 6) is 1.70. The normalized spacial score (nSPS) is 16.7. The third kappa shape index (κ3) is 4.81. The molecule has 0 N–H and O–H groups in total. The highest BCUT2D eigenvalue weighted by molar-refractivity contribution is 5.83. The van der Waals surface area contributed by atoms with Crippen molar-refractivity contribution in [3.8, 4) is 5.88 Å². The summed E-state index contributed by atoms with van der Waals surface area (Å²) < 4.78 is 15.5. The van der Waals surface area contributed by atoms with E-state index in [-0.39, 0.29) is 12.1 Å². The molecule has 190 valence electrons. The van der Waals surface area contributed by atoms with Gasteiger partial charge in [-0.2, -0.15) is 10.1 Å². The molecule has 3 aromatic heterocycles. The maximum absolute atomic E-state index is 13.5. The van der Waals surface area contributed by atoms with Crippen LogP contribution in [0.25, 0.3) is 27.5 Å². The van der Waals surface area contributed by atoms with E-state index in [9.17, 15) is 4.79 Å². The zero-order valence-electron chi connectivity index (χ0n) is 21.1. The highest BCUT2D eigenvalue weighted by Crippen LogP contribution is 2.25. The predicted molar refractivity (Wildman–Crippen MR) is 143 cm³/mol. The summed E-state index contributed by atoms with van der Waals surface area (Å²) in [6.45, 7) is 4.45. The van der Waals surface area contributed by atoms with E-state index >= 15 is 0 Å². The van der Waals surface area contributed by atoms with Gasteiger partial charge in [0.15, 0.2) is 5.82 Å². The molecule has 0 spiro atoms. The van der Waals surface area contributed by atoms with E-state index in [1.807, 2.05) is 66.0 Å². The Morgan fingerprint density at radius 2 is 1.84 bits per heavy atom. The molecule has 1 atom stereocenters. The quantitative estimate of drug-likeness (QED) is 0.331. The number of aromatic nitrogens is 5. The molecule has 8 nitrogen and oxygen atoms in total. The molecule has 37 heavy (non-hydrogen) atoms. The number of hydrogen-bond acceptors (Lipinski definition) is 6. The first kappa shape index (κ1) is 23.6. The Balaban J connectivity index is 1.33. The van der Waals surface area contributed by atoms with Crippen LogP contribution in [-0.4, -0.2) is 44.0 Å². The van der Waals surface area contributed by atoms with Crippen molar-refractivity contribution in [1.29, 1.82) is 0 Å². The van der Waals surface area contributed by atoms with E-state index in [0.29, 0.717) is 35.3 Å². The van der Waals surface area contributed by atoms with Gasteiger partial charge in [-0.25, -0.2) is 9.50 Å². The minimum absolute atomic E-state index is 0.0891. The SMILES string of the molecule is Cc1cc2n(Cc3nc(OCCC4CCCCOCC4)c4ccccc4n3)c(=O)c3ccccc3n2n1. The van der Waals surface area contributed by atoms with Crippen LogP contribution in [0.3, 0.4) is 0 Å². The molecule has 2 aromatic carbocycles. The standard InChI is InChI=1S/C29H31N5O3/c1-20-18-27-33(29(35)23-10-3-5-12-25(23)34(27)32-20)19-26-30-24-11-4-2-9-22(24)28(31-26)37-17-14-21-8-6-7-15-36-16-13-21/h2-5,9-12,18,21H,6-8,13-17,19H2,1H3. The maximum Gasteiger partial charge on any atom is 0.262 e. The average molecular weight is 498 g/mol. The molecule has 4 heterocycles. The Kier molecular flexibility index (Phi) is 6.57. The van der Waals surface area contributed by atoms with Crippen LogP contribution < -0.4 is 10.3 Å². The van der Waals surface area contributed by atoms with Gasteiger partial charge in [0.2, 0.25) is 5.88 Å². The molecule has 6 rings (SSSR count). The van der Waals surface area contributed by atoms with Gasteiger partial charge >= 0.3 is 0 Å². The average Bonchev–Trinajstić information content (AvgIpc) is 3.29. The van der Waals surface area contributed by atoms with Gasteiger partial charge in [0.1, 0.15) is 5.65 Å². The molecular weight excluding hydrogens is 466 g/mol. The van der Waals surface area contributed by atoms with Gasteiger partial charge in [-0.15, -0.1) is 0 Å².